The van der Waals surface area contributed by atoms with Crippen molar-refractivity contribution in [2.24, 2.45) is 0 Å². The van der Waals surface area contributed by atoms with Crippen molar-refractivity contribution in [2.45, 2.75) is 25.3 Å². The molecule has 0 bridgehead atoms. The molecule has 1 fully saturated rings. The van der Waals surface area contributed by atoms with E-state index < -0.39 is 0 Å². The van der Waals surface area contributed by atoms with Crippen LogP contribution in [0.2, 0.25) is 0 Å². The monoisotopic (exact) mass is 375 g/mol. The van der Waals surface area contributed by atoms with E-state index in [2.05, 4.69) is 15.6 Å². The topological polar surface area (TPSA) is 67.2 Å². The van der Waals surface area contributed by atoms with Gasteiger partial charge in [-0.15, -0.1) is 24.8 Å². The number of carbonyl (C=O) groups excluding carboxylic acids is 1. The SMILES string of the molecule is Cl.Cl.O=C(Cc1coc(-c2ccc(F)cc2)n1)NC1CCCNC1. The number of nitrogens with one attached hydrogen (secondary N) is 2. The van der Waals surface area contributed by atoms with Gasteiger partial charge >= 0.3 is 0 Å². The van der Waals surface area contributed by atoms with Crippen molar-refractivity contribution < 1.29 is 13.6 Å². The Morgan fingerprint density at radius 3 is 2.75 bits per heavy atom. The molecule has 24 heavy (non-hydrogen) atoms. The maximum Gasteiger partial charge on any atom is 0.226 e. The van der Waals surface area contributed by atoms with Crippen LogP contribution in [-0.4, -0.2) is 30.0 Å². The number of rotatable bonds is 4. The summed E-state index contributed by atoms with van der Waals surface area (Å²) in [7, 11) is 0. The second-order valence-corrected chi connectivity index (χ2v) is 5.44. The summed E-state index contributed by atoms with van der Waals surface area (Å²) >= 11 is 0. The first-order valence-corrected chi connectivity index (χ1v) is 7.41. The maximum atomic E-state index is 12.9. The van der Waals surface area contributed by atoms with Gasteiger partial charge in [0.05, 0.1) is 12.1 Å². The minimum Gasteiger partial charge on any atom is -0.444 e. The summed E-state index contributed by atoms with van der Waals surface area (Å²) in [5.74, 6) is 0.0192. The molecule has 0 spiro atoms. The zero-order valence-corrected chi connectivity index (χ0v) is 14.6. The van der Waals surface area contributed by atoms with E-state index >= 15 is 0 Å². The molecule has 1 aromatic heterocycles. The van der Waals surface area contributed by atoms with Crippen LogP contribution in [0.25, 0.3) is 11.5 Å². The van der Waals surface area contributed by atoms with Gasteiger partial charge in [0.25, 0.3) is 0 Å². The number of carbonyl (C=O) groups is 1. The minimum atomic E-state index is -0.309. The Balaban J connectivity index is 0.00000144. The number of benzene rings is 1. The van der Waals surface area contributed by atoms with Crippen LogP contribution in [0.4, 0.5) is 4.39 Å². The zero-order valence-electron chi connectivity index (χ0n) is 13.0. The van der Waals surface area contributed by atoms with Gasteiger partial charge in [-0.3, -0.25) is 4.79 Å². The fourth-order valence-electron chi connectivity index (χ4n) is 2.53. The first-order valence-electron chi connectivity index (χ1n) is 7.41. The number of hydrogen-bond acceptors (Lipinski definition) is 4. The van der Waals surface area contributed by atoms with Crippen LogP contribution in [0.1, 0.15) is 18.5 Å². The van der Waals surface area contributed by atoms with E-state index in [4.69, 9.17) is 4.42 Å². The lowest BCUT2D eigenvalue weighted by Crippen LogP contribution is -2.46. The maximum absolute atomic E-state index is 12.9. The van der Waals surface area contributed by atoms with Gasteiger partial charge in [-0.1, -0.05) is 0 Å². The predicted molar refractivity (Wildman–Crippen MR) is 94.1 cm³/mol. The Labute approximate surface area is 152 Å². The second-order valence-electron chi connectivity index (χ2n) is 5.44. The number of nitrogens with zero attached hydrogens (tertiary/aromatic N) is 1. The molecule has 132 valence electrons. The fourth-order valence-corrected chi connectivity index (χ4v) is 2.53. The van der Waals surface area contributed by atoms with E-state index in [0.717, 1.165) is 25.9 Å². The van der Waals surface area contributed by atoms with Crippen LogP contribution in [-0.2, 0) is 11.2 Å². The predicted octanol–water partition coefficient (Wildman–Crippen LogP) is 2.74. The largest absolute Gasteiger partial charge is 0.444 e. The van der Waals surface area contributed by atoms with Crippen molar-refractivity contribution in [3.05, 3.63) is 42.0 Å². The van der Waals surface area contributed by atoms with Gasteiger partial charge in [0, 0.05) is 18.2 Å². The van der Waals surface area contributed by atoms with E-state index in [1.807, 2.05) is 0 Å². The number of hydrogen-bond donors (Lipinski definition) is 2. The van der Waals surface area contributed by atoms with Crippen LogP contribution < -0.4 is 10.6 Å². The lowest BCUT2D eigenvalue weighted by molar-refractivity contribution is -0.121. The lowest BCUT2D eigenvalue weighted by atomic mass is 10.1. The minimum absolute atomic E-state index is 0. The smallest absolute Gasteiger partial charge is 0.226 e. The van der Waals surface area contributed by atoms with Gasteiger partial charge in [-0.05, 0) is 43.7 Å². The van der Waals surface area contributed by atoms with Gasteiger partial charge in [0.2, 0.25) is 11.8 Å². The molecule has 1 unspecified atom stereocenters. The van der Waals surface area contributed by atoms with Crippen molar-refractivity contribution >= 4 is 30.7 Å². The molecular formula is C16H20Cl2FN3O2. The molecule has 1 atom stereocenters. The van der Waals surface area contributed by atoms with E-state index in [9.17, 15) is 9.18 Å². The van der Waals surface area contributed by atoms with Gasteiger partial charge in [0.1, 0.15) is 12.1 Å². The molecule has 1 saturated heterocycles. The molecule has 1 aliphatic heterocycles. The van der Waals surface area contributed by atoms with E-state index in [0.29, 0.717) is 17.1 Å². The molecule has 1 amide bonds. The van der Waals surface area contributed by atoms with Gasteiger partial charge in [-0.25, -0.2) is 9.37 Å². The summed E-state index contributed by atoms with van der Waals surface area (Å²) in [6, 6.07) is 6.08. The summed E-state index contributed by atoms with van der Waals surface area (Å²) in [5, 5.41) is 6.25. The Kier molecular flexibility index (Phi) is 8.18. The highest BCUT2D eigenvalue weighted by atomic mass is 35.5. The van der Waals surface area contributed by atoms with Crippen molar-refractivity contribution in [1.82, 2.24) is 15.6 Å². The van der Waals surface area contributed by atoms with Crippen LogP contribution in [0.15, 0.2) is 34.9 Å². The zero-order chi connectivity index (χ0) is 15.4. The summed E-state index contributed by atoms with van der Waals surface area (Å²) in [4.78, 5) is 16.3. The van der Waals surface area contributed by atoms with Crippen LogP contribution in [0.5, 0.6) is 0 Å². The molecule has 1 aliphatic rings. The number of aromatic nitrogens is 1. The Hall–Kier alpha value is -1.63. The molecule has 8 heteroatoms. The normalized spacial score (nSPS) is 16.6. The molecule has 1 aromatic carbocycles. The summed E-state index contributed by atoms with van der Waals surface area (Å²) in [6.07, 6.45) is 3.72. The lowest BCUT2D eigenvalue weighted by Gasteiger charge is -2.23. The summed E-state index contributed by atoms with van der Waals surface area (Å²) in [6.45, 7) is 1.82. The molecule has 3 rings (SSSR count). The standard InChI is InChI=1S/C16H18FN3O2.2ClH/c17-12-5-3-11(4-6-12)16-20-14(10-22-16)8-15(21)19-13-2-1-7-18-9-13;;/h3-6,10,13,18H,1-2,7-9H2,(H,19,21);2*1H. The Bertz CT molecular complexity index is 643. The fraction of sp³-hybridized carbons (Fsp3) is 0.375. The Morgan fingerprint density at radius 1 is 1.33 bits per heavy atom. The molecule has 2 N–H and O–H groups in total. The third-order valence-electron chi connectivity index (χ3n) is 3.65. The van der Waals surface area contributed by atoms with E-state index in [1.165, 1.54) is 18.4 Å². The molecule has 2 aromatic rings. The first-order chi connectivity index (χ1) is 10.7. The van der Waals surface area contributed by atoms with Crippen molar-refractivity contribution in [3.8, 4) is 11.5 Å². The van der Waals surface area contributed by atoms with Gasteiger partial charge in [-0.2, -0.15) is 0 Å². The van der Waals surface area contributed by atoms with Crippen LogP contribution in [0, 0.1) is 5.82 Å². The van der Waals surface area contributed by atoms with Crippen LogP contribution in [0.3, 0.4) is 0 Å². The second kappa shape index (κ2) is 9.61. The average molecular weight is 376 g/mol. The van der Waals surface area contributed by atoms with Gasteiger partial charge in [0.15, 0.2) is 0 Å². The van der Waals surface area contributed by atoms with E-state index in [-0.39, 0.29) is 49.0 Å². The first kappa shape index (κ1) is 20.4. The molecule has 0 saturated carbocycles. The third kappa shape index (κ3) is 5.47. The molecule has 5 nitrogen and oxygen atoms in total. The molecular weight excluding hydrogens is 356 g/mol. The molecule has 0 aliphatic carbocycles. The van der Waals surface area contributed by atoms with Crippen molar-refractivity contribution in [2.75, 3.05) is 13.1 Å². The highest BCUT2D eigenvalue weighted by Crippen LogP contribution is 2.19. The highest BCUT2D eigenvalue weighted by Gasteiger charge is 2.17. The average Bonchev–Trinajstić information content (AvgIpc) is 2.97. The summed E-state index contributed by atoms with van der Waals surface area (Å²) < 4.78 is 18.2. The summed E-state index contributed by atoms with van der Waals surface area (Å²) in [5.41, 5.74) is 1.25. The van der Waals surface area contributed by atoms with Crippen molar-refractivity contribution in [1.29, 1.82) is 0 Å². The third-order valence-corrected chi connectivity index (χ3v) is 3.65. The van der Waals surface area contributed by atoms with Crippen molar-refractivity contribution in [3.63, 3.8) is 0 Å². The number of halogens is 3. The number of amides is 1. The highest BCUT2D eigenvalue weighted by molar-refractivity contribution is 5.85. The molecule has 2 heterocycles. The quantitative estimate of drug-likeness (QED) is 0.861. The van der Waals surface area contributed by atoms with Gasteiger partial charge < -0.3 is 15.1 Å². The van der Waals surface area contributed by atoms with E-state index in [1.54, 1.807) is 12.1 Å². The Morgan fingerprint density at radius 2 is 2.08 bits per heavy atom. The van der Waals surface area contributed by atoms with Crippen LogP contribution >= 0.6 is 24.8 Å². The molecule has 0 radical (unpaired) electrons. The number of piperidine rings is 1. The number of oxazole rings is 1.